The molecule has 0 aromatic heterocycles. The van der Waals surface area contributed by atoms with Crippen molar-refractivity contribution in [2.45, 2.75) is 51.0 Å². The first kappa shape index (κ1) is 28.2. The summed E-state index contributed by atoms with van der Waals surface area (Å²) in [6, 6.07) is 11.1. The van der Waals surface area contributed by atoms with Crippen LogP contribution in [0.3, 0.4) is 0 Å². The van der Waals surface area contributed by atoms with Gasteiger partial charge < -0.3 is 9.47 Å². The van der Waals surface area contributed by atoms with Crippen molar-refractivity contribution in [2.75, 3.05) is 26.0 Å². The van der Waals surface area contributed by atoms with Crippen molar-refractivity contribution in [1.82, 2.24) is 4.31 Å². The standard InChI is InChI=1S/C26H34N2O6S2/c1-7-33-25(30)26(4,5)34-24-16(2)12-19(13-17(24)3)21-14-28(36(27,31)32)15-22(21)23(29)18-8-10-20(35-6)11-9-18/h8-13,21-22H,7,14-15H2,1-6H3,(H2,27,31,32)/t21-,22+/m1/s1. The maximum Gasteiger partial charge on any atom is 0.349 e. The Labute approximate surface area is 217 Å². The average Bonchev–Trinajstić information content (AvgIpc) is 3.27. The summed E-state index contributed by atoms with van der Waals surface area (Å²) in [7, 11) is -3.97. The lowest BCUT2D eigenvalue weighted by molar-refractivity contribution is -0.158. The van der Waals surface area contributed by atoms with Crippen LogP contribution in [0, 0.1) is 19.8 Å². The van der Waals surface area contributed by atoms with E-state index in [4.69, 9.17) is 14.6 Å². The highest BCUT2D eigenvalue weighted by atomic mass is 32.2. The van der Waals surface area contributed by atoms with Gasteiger partial charge in [0.25, 0.3) is 10.2 Å². The fourth-order valence-electron chi connectivity index (χ4n) is 4.51. The molecule has 0 amide bonds. The summed E-state index contributed by atoms with van der Waals surface area (Å²) in [5.41, 5.74) is 1.70. The SMILES string of the molecule is CCOC(=O)C(C)(C)Oc1c(C)cc([C@H]2CN(S(N)(=O)=O)C[C@@H]2C(=O)c2ccc(SC)cc2)cc1C. The number of carbonyl (C=O) groups is 2. The molecule has 10 heteroatoms. The molecule has 0 saturated carbocycles. The lowest BCUT2D eigenvalue weighted by Gasteiger charge is -2.27. The van der Waals surface area contributed by atoms with Crippen molar-refractivity contribution in [3.8, 4) is 5.75 Å². The molecular formula is C26H34N2O6S2. The zero-order chi connectivity index (χ0) is 26.8. The first-order valence-electron chi connectivity index (χ1n) is 11.7. The predicted octanol–water partition coefficient (Wildman–Crippen LogP) is 3.85. The van der Waals surface area contributed by atoms with Gasteiger partial charge in [0.1, 0.15) is 5.75 Å². The van der Waals surface area contributed by atoms with Gasteiger partial charge in [-0.3, -0.25) is 4.79 Å². The number of hydrogen-bond donors (Lipinski definition) is 1. The fraction of sp³-hybridized carbons (Fsp3) is 0.462. The Bertz CT molecular complexity index is 1220. The second-order valence-electron chi connectivity index (χ2n) is 9.48. The number of thioether (sulfide) groups is 1. The van der Waals surface area contributed by atoms with Gasteiger partial charge in [-0.15, -0.1) is 11.8 Å². The van der Waals surface area contributed by atoms with E-state index in [-0.39, 0.29) is 31.4 Å². The first-order chi connectivity index (χ1) is 16.8. The number of carbonyl (C=O) groups excluding carboxylic acids is 2. The zero-order valence-corrected chi connectivity index (χ0v) is 23.2. The van der Waals surface area contributed by atoms with Gasteiger partial charge in [0.2, 0.25) is 0 Å². The Kier molecular flexibility index (Phi) is 8.55. The Balaban J connectivity index is 1.97. The number of esters is 1. The monoisotopic (exact) mass is 534 g/mol. The van der Waals surface area contributed by atoms with E-state index >= 15 is 0 Å². The van der Waals surface area contributed by atoms with E-state index in [1.807, 2.05) is 44.4 Å². The summed E-state index contributed by atoms with van der Waals surface area (Å²) in [6.07, 6.45) is 1.96. The van der Waals surface area contributed by atoms with E-state index in [2.05, 4.69) is 0 Å². The molecule has 0 aliphatic carbocycles. The molecule has 1 heterocycles. The number of rotatable bonds is 9. The van der Waals surface area contributed by atoms with E-state index in [9.17, 15) is 18.0 Å². The van der Waals surface area contributed by atoms with Gasteiger partial charge in [-0.05, 0) is 69.7 Å². The van der Waals surface area contributed by atoms with Gasteiger partial charge in [-0.1, -0.05) is 24.3 Å². The quantitative estimate of drug-likeness (QED) is 0.295. The summed E-state index contributed by atoms with van der Waals surface area (Å²) in [5.74, 6) is -1.03. The summed E-state index contributed by atoms with van der Waals surface area (Å²) < 4.78 is 36.7. The second kappa shape index (κ2) is 10.9. The lowest BCUT2D eigenvalue weighted by Crippen LogP contribution is -2.40. The molecule has 3 rings (SSSR count). The molecule has 1 saturated heterocycles. The molecule has 0 bridgehead atoms. The van der Waals surface area contributed by atoms with Crippen LogP contribution in [0.15, 0.2) is 41.3 Å². The third kappa shape index (κ3) is 6.11. The van der Waals surface area contributed by atoms with Crippen LogP contribution >= 0.6 is 11.8 Å². The van der Waals surface area contributed by atoms with Gasteiger partial charge in [-0.2, -0.15) is 12.7 Å². The van der Waals surface area contributed by atoms with Crippen LogP contribution in [-0.2, 0) is 19.7 Å². The molecular weight excluding hydrogens is 500 g/mol. The minimum atomic E-state index is -3.97. The van der Waals surface area contributed by atoms with E-state index in [1.54, 1.807) is 44.7 Å². The third-order valence-electron chi connectivity index (χ3n) is 6.39. The number of benzene rings is 2. The lowest BCUT2D eigenvalue weighted by atomic mass is 9.82. The molecule has 0 radical (unpaired) electrons. The van der Waals surface area contributed by atoms with Crippen molar-refractivity contribution in [2.24, 2.45) is 11.1 Å². The van der Waals surface area contributed by atoms with Crippen molar-refractivity contribution in [1.29, 1.82) is 0 Å². The first-order valence-corrected chi connectivity index (χ1v) is 14.4. The van der Waals surface area contributed by atoms with Gasteiger partial charge in [0.15, 0.2) is 11.4 Å². The van der Waals surface area contributed by atoms with Crippen LogP contribution in [0.2, 0.25) is 0 Å². The van der Waals surface area contributed by atoms with Crippen LogP contribution in [-0.4, -0.2) is 56.0 Å². The fourth-order valence-corrected chi connectivity index (χ4v) is 5.65. The molecule has 0 unspecified atom stereocenters. The molecule has 8 nitrogen and oxygen atoms in total. The molecule has 36 heavy (non-hydrogen) atoms. The van der Waals surface area contributed by atoms with E-state index in [0.29, 0.717) is 11.3 Å². The number of hydrogen-bond acceptors (Lipinski definition) is 7. The zero-order valence-electron chi connectivity index (χ0n) is 21.5. The molecule has 2 atom stereocenters. The number of ether oxygens (including phenoxy) is 2. The highest BCUT2D eigenvalue weighted by Gasteiger charge is 2.42. The van der Waals surface area contributed by atoms with Crippen LogP contribution < -0.4 is 9.88 Å². The average molecular weight is 535 g/mol. The highest BCUT2D eigenvalue weighted by molar-refractivity contribution is 7.98. The molecule has 1 fully saturated rings. The maximum atomic E-state index is 13.5. The predicted molar refractivity (Wildman–Crippen MR) is 141 cm³/mol. The Hall–Kier alpha value is -2.40. The largest absolute Gasteiger partial charge is 0.476 e. The van der Waals surface area contributed by atoms with Crippen molar-refractivity contribution >= 4 is 33.7 Å². The molecule has 196 valence electrons. The molecule has 2 aromatic rings. The summed E-state index contributed by atoms with van der Waals surface area (Å²) in [6.45, 7) is 9.12. The number of aryl methyl sites for hydroxylation is 2. The normalized spacial score (nSPS) is 18.8. The molecule has 1 aliphatic heterocycles. The van der Waals surface area contributed by atoms with Crippen molar-refractivity contribution < 1.29 is 27.5 Å². The smallest absolute Gasteiger partial charge is 0.349 e. The number of ketones is 1. The van der Waals surface area contributed by atoms with E-state index in [0.717, 1.165) is 25.9 Å². The Morgan fingerprint density at radius 2 is 1.69 bits per heavy atom. The number of nitrogens with zero attached hydrogens (tertiary/aromatic N) is 1. The summed E-state index contributed by atoms with van der Waals surface area (Å²) in [4.78, 5) is 26.9. The Morgan fingerprint density at radius 3 is 2.19 bits per heavy atom. The minimum absolute atomic E-state index is 0.0127. The molecule has 2 aromatic carbocycles. The van der Waals surface area contributed by atoms with Crippen LogP contribution in [0.4, 0.5) is 0 Å². The molecule has 0 spiro atoms. The van der Waals surface area contributed by atoms with Crippen molar-refractivity contribution in [3.05, 3.63) is 58.7 Å². The van der Waals surface area contributed by atoms with Gasteiger partial charge in [0, 0.05) is 35.4 Å². The van der Waals surface area contributed by atoms with Crippen LogP contribution in [0.1, 0.15) is 53.7 Å². The number of nitrogens with two attached hydrogens (primary N) is 1. The van der Waals surface area contributed by atoms with Gasteiger partial charge >= 0.3 is 5.97 Å². The van der Waals surface area contributed by atoms with Crippen molar-refractivity contribution in [3.63, 3.8) is 0 Å². The Morgan fingerprint density at radius 1 is 1.11 bits per heavy atom. The summed E-state index contributed by atoms with van der Waals surface area (Å²) in [5, 5.41) is 5.45. The van der Waals surface area contributed by atoms with Crippen LogP contribution in [0.25, 0.3) is 0 Å². The third-order valence-corrected chi connectivity index (χ3v) is 8.15. The van der Waals surface area contributed by atoms with E-state index in [1.165, 1.54) is 0 Å². The summed E-state index contributed by atoms with van der Waals surface area (Å²) >= 11 is 1.58. The van der Waals surface area contributed by atoms with Gasteiger partial charge in [0.05, 0.1) is 6.61 Å². The molecule has 1 aliphatic rings. The van der Waals surface area contributed by atoms with E-state index < -0.39 is 27.7 Å². The maximum absolute atomic E-state index is 13.5. The second-order valence-corrected chi connectivity index (χ2v) is 11.9. The molecule has 2 N–H and O–H groups in total. The van der Waals surface area contributed by atoms with Gasteiger partial charge in [-0.25, -0.2) is 9.93 Å². The topological polar surface area (TPSA) is 116 Å². The highest BCUT2D eigenvalue weighted by Crippen LogP contribution is 2.39. The minimum Gasteiger partial charge on any atom is -0.476 e. The van der Waals surface area contributed by atoms with Crippen LogP contribution in [0.5, 0.6) is 5.75 Å². The number of Topliss-reactive ketones (excluding diaryl/α,β-unsaturated/α-hetero) is 1.